The van der Waals surface area contributed by atoms with Crippen LogP contribution in [0.15, 0.2) is 42.5 Å². The number of anilines is 1. The van der Waals surface area contributed by atoms with Crippen LogP contribution in [0.5, 0.6) is 0 Å². The van der Waals surface area contributed by atoms with Gasteiger partial charge < -0.3 is 20.4 Å². The zero-order valence-corrected chi connectivity index (χ0v) is 22.3. The molecule has 9 heteroatoms. The van der Waals surface area contributed by atoms with Gasteiger partial charge in [-0.25, -0.2) is 14.0 Å². The van der Waals surface area contributed by atoms with E-state index in [-0.39, 0.29) is 34.5 Å². The average molecular weight is 538 g/mol. The number of fused-ring (bicyclic) bond motifs is 1. The molecular formula is C29H33ClFN5O2. The van der Waals surface area contributed by atoms with E-state index in [0.717, 1.165) is 38.5 Å². The molecule has 2 aliphatic carbocycles. The smallest absolute Gasteiger partial charge is 0.322 e. The minimum Gasteiger partial charge on any atom is -0.341 e. The highest BCUT2D eigenvalue weighted by molar-refractivity contribution is 6.31. The lowest BCUT2D eigenvalue weighted by molar-refractivity contribution is 0.122. The Balaban J connectivity index is 1.30. The number of piperidine rings is 1. The van der Waals surface area contributed by atoms with Gasteiger partial charge in [0.05, 0.1) is 16.7 Å². The lowest BCUT2D eigenvalue weighted by Gasteiger charge is -2.40. The molecule has 2 saturated carbocycles. The number of carbonyl (C=O) groups is 2. The topological polar surface area (TPSA) is 88.5 Å². The Morgan fingerprint density at radius 1 is 1.21 bits per heavy atom. The molecule has 200 valence electrons. The number of urea groups is 2. The number of hydrogen-bond acceptors (Lipinski definition) is 3. The van der Waals surface area contributed by atoms with Crippen LogP contribution < -0.4 is 10.6 Å². The number of nitriles is 1. The van der Waals surface area contributed by atoms with Crippen LogP contribution in [-0.2, 0) is 5.41 Å². The van der Waals surface area contributed by atoms with Gasteiger partial charge in [-0.1, -0.05) is 23.7 Å². The number of amides is 4. The molecule has 4 amide bonds. The lowest BCUT2D eigenvalue weighted by Crippen LogP contribution is -2.50. The summed E-state index contributed by atoms with van der Waals surface area (Å²) in [4.78, 5) is 29.4. The molecule has 2 N–H and O–H groups in total. The fourth-order valence-electron chi connectivity index (χ4n) is 6.47. The first-order valence-electron chi connectivity index (χ1n) is 13.3. The second-order valence-electron chi connectivity index (χ2n) is 10.9. The van der Waals surface area contributed by atoms with E-state index >= 15 is 0 Å². The first-order valence-corrected chi connectivity index (χ1v) is 13.7. The van der Waals surface area contributed by atoms with Crippen molar-refractivity contribution in [1.82, 2.24) is 15.1 Å². The van der Waals surface area contributed by atoms with Crippen LogP contribution in [0, 0.1) is 29.0 Å². The van der Waals surface area contributed by atoms with Crippen LogP contribution in [0.2, 0.25) is 5.02 Å². The zero-order valence-electron chi connectivity index (χ0n) is 21.6. The quantitative estimate of drug-likeness (QED) is 0.509. The first-order chi connectivity index (χ1) is 18.3. The largest absolute Gasteiger partial charge is 0.341 e. The minimum absolute atomic E-state index is 0.0315. The number of hydrogen-bond donors (Lipinski definition) is 2. The summed E-state index contributed by atoms with van der Waals surface area (Å²) in [6, 6.07) is 14.2. The van der Waals surface area contributed by atoms with Crippen molar-refractivity contribution < 1.29 is 14.0 Å². The van der Waals surface area contributed by atoms with E-state index in [2.05, 4.69) is 22.8 Å². The number of nitrogens with one attached hydrogen (secondary N) is 2. The van der Waals surface area contributed by atoms with Crippen LogP contribution in [0.1, 0.15) is 49.7 Å². The van der Waals surface area contributed by atoms with Crippen molar-refractivity contribution in [3.05, 3.63) is 64.4 Å². The molecule has 0 aromatic heterocycles. The van der Waals surface area contributed by atoms with Crippen molar-refractivity contribution in [1.29, 1.82) is 5.26 Å². The van der Waals surface area contributed by atoms with Gasteiger partial charge in [-0.2, -0.15) is 5.26 Å². The third-order valence-corrected chi connectivity index (χ3v) is 9.01. The fourth-order valence-corrected chi connectivity index (χ4v) is 6.65. The Morgan fingerprint density at radius 3 is 2.68 bits per heavy atom. The maximum absolute atomic E-state index is 13.7. The van der Waals surface area contributed by atoms with Crippen molar-refractivity contribution in [2.75, 3.05) is 32.0 Å². The zero-order chi connectivity index (χ0) is 26.9. The summed E-state index contributed by atoms with van der Waals surface area (Å²) in [6.45, 7) is 1.94. The predicted octanol–water partition coefficient (Wildman–Crippen LogP) is 5.75. The van der Waals surface area contributed by atoms with Gasteiger partial charge in [0.1, 0.15) is 5.82 Å². The SMILES string of the molecule is CNC(=O)N1CCC(CN(C(=O)Nc2ccc(F)c(Cl)c2)[C@@H]2CC[C@]3(c4cccc(C#N)c4)CC3C2)CC1. The molecule has 0 spiro atoms. The Morgan fingerprint density at radius 2 is 2.00 bits per heavy atom. The number of carbonyl (C=O) groups excluding carboxylic acids is 2. The third-order valence-electron chi connectivity index (χ3n) is 8.72. The molecule has 3 aliphatic rings. The standard InChI is InChI=1S/C29H33ClFN5O2/c1-33-27(37)35-11-8-19(9-12-35)18-36(28(38)34-23-5-6-26(31)25(30)15-23)24-7-10-29(16-22(29)14-24)21-4-2-3-20(13-21)17-32/h2-6,13,15,19,22,24H,7-12,14,16,18H2,1H3,(H,33,37)(H,34,38)/t22?,24-,29-/m1/s1. The summed E-state index contributed by atoms with van der Waals surface area (Å²) in [6.07, 6.45) is 5.50. The molecule has 2 aromatic carbocycles. The molecule has 1 heterocycles. The van der Waals surface area contributed by atoms with E-state index in [4.69, 9.17) is 11.6 Å². The maximum Gasteiger partial charge on any atom is 0.322 e. The van der Waals surface area contributed by atoms with Gasteiger partial charge in [-0.15, -0.1) is 0 Å². The summed E-state index contributed by atoms with van der Waals surface area (Å²) in [7, 11) is 1.64. The van der Waals surface area contributed by atoms with Crippen LogP contribution in [-0.4, -0.2) is 54.6 Å². The molecular weight excluding hydrogens is 505 g/mol. The van der Waals surface area contributed by atoms with Gasteiger partial charge >= 0.3 is 12.1 Å². The number of benzene rings is 2. The molecule has 7 nitrogen and oxygen atoms in total. The van der Waals surface area contributed by atoms with Crippen LogP contribution in [0.3, 0.4) is 0 Å². The van der Waals surface area contributed by atoms with Gasteiger partial charge in [0.2, 0.25) is 0 Å². The van der Waals surface area contributed by atoms with Crippen molar-refractivity contribution in [2.45, 2.75) is 50.0 Å². The van der Waals surface area contributed by atoms with Crippen LogP contribution in [0.25, 0.3) is 0 Å². The van der Waals surface area contributed by atoms with Crippen molar-refractivity contribution in [3.8, 4) is 6.07 Å². The molecule has 1 saturated heterocycles. The number of rotatable bonds is 5. The predicted molar refractivity (Wildman–Crippen MR) is 144 cm³/mol. The Labute approximate surface area is 227 Å². The normalized spacial score (nSPS) is 24.6. The first kappa shape index (κ1) is 26.3. The van der Waals surface area contributed by atoms with Gasteiger partial charge in [-0.05, 0) is 91.7 Å². The molecule has 5 rings (SSSR count). The molecule has 1 unspecified atom stereocenters. The van der Waals surface area contributed by atoms with E-state index in [1.54, 1.807) is 7.05 Å². The Kier molecular flexibility index (Phi) is 7.49. The Bertz CT molecular complexity index is 1260. The summed E-state index contributed by atoms with van der Waals surface area (Å²) in [5.74, 6) is 0.236. The second kappa shape index (κ2) is 10.8. The lowest BCUT2D eigenvalue weighted by atomic mass is 9.79. The van der Waals surface area contributed by atoms with Crippen molar-refractivity contribution in [3.63, 3.8) is 0 Å². The number of likely N-dealkylation sites (tertiary alicyclic amines) is 1. The highest BCUT2D eigenvalue weighted by Crippen LogP contribution is 2.63. The summed E-state index contributed by atoms with van der Waals surface area (Å²) < 4.78 is 13.7. The van der Waals surface area contributed by atoms with E-state index in [0.29, 0.717) is 36.8 Å². The van der Waals surface area contributed by atoms with Gasteiger partial charge in [0.15, 0.2) is 0 Å². The Hall–Kier alpha value is -3.31. The van der Waals surface area contributed by atoms with Gasteiger partial charge in [0.25, 0.3) is 0 Å². The van der Waals surface area contributed by atoms with E-state index < -0.39 is 5.82 Å². The molecule has 3 atom stereocenters. The monoisotopic (exact) mass is 537 g/mol. The summed E-state index contributed by atoms with van der Waals surface area (Å²) in [5.41, 5.74) is 2.49. The van der Waals surface area contributed by atoms with Crippen LogP contribution in [0.4, 0.5) is 19.7 Å². The molecule has 3 fully saturated rings. The van der Waals surface area contributed by atoms with E-state index in [1.807, 2.05) is 28.0 Å². The fraction of sp³-hybridized carbons (Fsp3) is 0.483. The third kappa shape index (κ3) is 5.30. The van der Waals surface area contributed by atoms with Crippen LogP contribution >= 0.6 is 11.6 Å². The van der Waals surface area contributed by atoms with E-state index in [1.165, 1.54) is 23.8 Å². The molecule has 38 heavy (non-hydrogen) atoms. The van der Waals surface area contributed by atoms with E-state index in [9.17, 15) is 19.2 Å². The van der Waals surface area contributed by atoms with Gasteiger partial charge in [-0.3, -0.25) is 0 Å². The molecule has 0 radical (unpaired) electrons. The summed E-state index contributed by atoms with van der Waals surface area (Å²) >= 11 is 5.95. The second-order valence-corrected chi connectivity index (χ2v) is 11.3. The molecule has 2 aromatic rings. The van der Waals surface area contributed by atoms with Crippen molar-refractivity contribution in [2.24, 2.45) is 11.8 Å². The maximum atomic E-state index is 13.7. The minimum atomic E-state index is -0.526. The van der Waals surface area contributed by atoms with Crippen molar-refractivity contribution >= 4 is 29.4 Å². The summed E-state index contributed by atoms with van der Waals surface area (Å²) in [5, 5.41) is 14.9. The number of halogens is 2. The highest BCUT2D eigenvalue weighted by Gasteiger charge is 2.58. The number of nitrogens with zero attached hydrogens (tertiary/aromatic N) is 3. The average Bonchev–Trinajstić information content (AvgIpc) is 3.69. The highest BCUT2D eigenvalue weighted by atomic mass is 35.5. The molecule has 0 bridgehead atoms. The van der Waals surface area contributed by atoms with Gasteiger partial charge in [0, 0.05) is 38.4 Å². The molecule has 1 aliphatic heterocycles.